The minimum absolute atomic E-state index is 0.0215. The van der Waals surface area contributed by atoms with E-state index in [0.717, 1.165) is 5.56 Å². The number of benzene rings is 2. The Hall–Kier alpha value is -1.76. The summed E-state index contributed by atoms with van der Waals surface area (Å²) in [5.74, 6) is 0.131. The van der Waals surface area contributed by atoms with Crippen molar-refractivity contribution in [2.45, 2.75) is 11.4 Å². The first kappa shape index (κ1) is 15.6. The van der Waals surface area contributed by atoms with Crippen molar-refractivity contribution in [3.63, 3.8) is 0 Å². The molecule has 0 radical (unpaired) electrons. The number of nitrogens with two attached hydrogens (primary N) is 1. The van der Waals surface area contributed by atoms with Gasteiger partial charge in [-0.05, 0) is 35.9 Å². The summed E-state index contributed by atoms with van der Waals surface area (Å²) in [6, 6.07) is 10.6. The van der Waals surface area contributed by atoms with Crippen molar-refractivity contribution in [1.29, 1.82) is 0 Å². The second-order valence-corrected chi connectivity index (χ2v) is 7.06. The third kappa shape index (κ3) is 3.47. The number of hydrogen-bond acceptors (Lipinski definition) is 4. The summed E-state index contributed by atoms with van der Waals surface area (Å²) in [6.45, 7) is 0.171. The Kier molecular flexibility index (Phi) is 4.41. The molecule has 0 heterocycles. The van der Waals surface area contributed by atoms with Crippen molar-refractivity contribution in [3.8, 4) is 5.75 Å². The van der Waals surface area contributed by atoms with Crippen LogP contribution in [0.4, 0.5) is 5.69 Å². The van der Waals surface area contributed by atoms with E-state index in [2.05, 4.69) is 0 Å². The Labute approximate surface area is 128 Å². The van der Waals surface area contributed by atoms with Crippen LogP contribution in [0.1, 0.15) is 5.56 Å². The van der Waals surface area contributed by atoms with Gasteiger partial charge in [-0.15, -0.1) is 0 Å². The summed E-state index contributed by atoms with van der Waals surface area (Å²) in [7, 11) is -2.24. The predicted octanol–water partition coefficient (Wildman–Crippen LogP) is 2.45. The molecule has 2 aromatic rings. The number of phenolic OH excluding ortho intramolecular Hbond substituents is 1. The zero-order chi connectivity index (χ0) is 15.6. The highest BCUT2D eigenvalue weighted by Crippen LogP contribution is 2.25. The van der Waals surface area contributed by atoms with Crippen molar-refractivity contribution < 1.29 is 13.5 Å². The molecule has 112 valence electrons. The number of hydrogen-bond donors (Lipinski definition) is 2. The zero-order valence-electron chi connectivity index (χ0n) is 11.3. The number of nitrogens with zero attached hydrogens (tertiary/aromatic N) is 1. The summed E-state index contributed by atoms with van der Waals surface area (Å²) < 4.78 is 26.2. The van der Waals surface area contributed by atoms with Crippen LogP contribution in [0.5, 0.6) is 5.75 Å². The van der Waals surface area contributed by atoms with Crippen LogP contribution < -0.4 is 5.73 Å². The maximum atomic E-state index is 12.5. The van der Waals surface area contributed by atoms with Crippen molar-refractivity contribution in [2.75, 3.05) is 12.8 Å². The topological polar surface area (TPSA) is 83.6 Å². The molecule has 7 heteroatoms. The van der Waals surface area contributed by atoms with Gasteiger partial charge in [0.1, 0.15) is 10.6 Å². The smallest absolute Gasteiger partial charge is 0.245 e. The molecule has 0 saturated heterocycles. The predicted molar refractivity (Wildman–Crippen MR) is 82.6 cm³/mol. The lowest BCUT2D eigenvalue weighted by atomic mass is 10.2. The molecule has 3 N–H and O–H groups in total. The molecule has 0 aromatic heterocycles. The number of phenols is 1. The number of nitrogen functional groups attached to an aromatic ring is 1. The standard InChI is InChI=1S/C14H15ClN2O3S/c1-17(9-10-2-5-12(18)6-3-10)21(19,20)14-7-4-11(15)8-13(14)16/h2-8,18H,9,16H2,1H3. The van der Waals surface area contributed by atoms with Crippen LogP contribution in [0.3, 0.4) is 0 Å². The zero-order valence-corrected chi connectivity index (χ0v) is 12.9. The summed E-state index contributed by atoms with van der Waals surface area (Å²) in [4.78, 5) is 0.0215. The lowest BCUT2D eigenvalue weighted by Crippen LogP contribution is -2.27. The molecule has 2 aromatic carbocycles. The number of rotatable bonds is 4. The normalized spacial score (nSPS) is 11.8. The van der Waals surface area contributed by atoms with E-state index < -0.39 is 10.0 Å². The Morgan fingerprint density at radius 2 is 1.81 bits per heavy atom. The van der Waals surface area contributed by atoms with Crippen LogP contribution in [0.15, 0.2) is 47.4 Å². The number of halogens is 1. The molecule has 5 nitrogen and oxygen atoms in total. The number of anilines is 1. The van der Waals surface area contributed by atoms with Crippen molar-refractivity contribution in [3.05, 3.63) is 53.1 Å². The van der Waals surface area contributed by atoms with E-state index in [1.54, 1.807) is 12.1 Å². The van der Waals surface area contributed by atoms with Gasteiger partial charge in [-0.25, -0.2) is 8.42 Å². The lowest BCUT2D eigenvalue weighted by Gasteiger charge is -2.18. The average Bonchev–Trinajstić information content (AvgIpc) is 2.40. The molecule has 0 saturated carbocycles. The van der Waals surface area contributed by atoms with Gasteiger partial charge >= 0.3 is 0 Å². The first-order valence-corrected chi connectivity index (χ1v) is 7.92. The van der Waals surface area contributed by atoms with Gasteiger partial charge in [-0.3, -0.25) is 0 Å². The third-order valence-corrected chi connectivity index (χ3v) is 5.11. The molecule has 0 bridgehead atoms. The van der Waals surface area contributed by atoms with Gasteiger partial charge in [0.05, 0.1) is 5.69 Å². The van der Waals surface area contributed by atoms with Gasteiger partial charge in [0.25, 0.3) is 0 Å². The first-order valence-electron chi connectivity index (χ1n) is 6.10. The highest BCUT2D eigenvalue weighted by molar-refractivity contribution is 7.89. The summed E-state index contributed by atoms with van der Waals surface area (Å²) in [5, 5.41) is 9.61. The molecule has 0 fully saturated rings. The largest absolute Gasteiger partial charge is 0.508 e. The number of aromatic hydroxyl groups is 1. The number of sulfonamides is 1. The van der Waals surface area contributed by atoms with Crippen LogP contribution in [-0.2, 0) is 16.6 Å². The monoisotopic (exact) mass is 326 g/mol. The molecule has 0 aliphatic carbocycles. The molecule has 21 heavy (non-hydrogen) atoms. The minimum Gasteiger partial charge on any atom is -0.508 e. The van der Waals surface area contributed by atoms with E-state index in [1.165, 1.54) is 41.7 Å². The van der Waals surface area contributed by atoms with Crippen molar-refractivity contribution in [2.24, 2.45) is 0 Å². The maximum absolute atomic E-state index is 12.5. The van der Waals surface area contributed by atoms with Crippen molar-refractivity contribution >= 4 is 27.3 Å². The molecule has 0 aliphatic heterocycles. The molecule has 0 atom stereocenters. The fourth-order valence-electron chi connectivity index (χ4n) is 1.87. The Bertz CT molecular complexity index is 745. The quantitative estimate of drug-likeness (QED) is 0.845. The summed E-state index contributed by atoms with van der Waals surface area (Å²) in [5.41, 5.74) is 6.60. The Morgan fingerprint density at radius 3 is 2.38 bits per heavy atom. The van der Waals surface area contributed by atoms with Gasteiger partial charge in [-0.2, -0.15) is 4.31 Å². The molecule has 0 amide bonds. The summed E-state index contributed by atoms with van der Waals surface area (Å²) in [6.07, 6.45) is 0. The fraction of sp³-hybridized carbons (Fsp3) is 0.143. The lowest BCUT2D eigenvalue weighted by molar-refractivity contribution is 0.464. The molecule has 0 aliphatic rings. The average molecular weight is 327 g/mol. The maximum Gasteiger partial charge on any atom is 0.245 e. The molecule has 0 unspecified atom stereocenters. The highest BCUT2D eigenvalue weighted by Gasteiger charge is 2.23. The van der Waals surface area contributed by atoms with Crippen molar-refractivity contribution in [1.82, 2.24) is 4.31 Å². The van der Waals surface area contributed by atoms with Crippen LogP contribution in [0.25, 0.3) is 0 Å². The van der Waals surface area contributed by atoms with E-state index in [9.17, 15) is 13.5 Å². The third-order valence-electron chi connectivity index (χ3n) is 3.00. The molecule has 0 spiro atoms. The highest BCUT2D eigenvalue weighted by atomic mass is 35.5. The van der Waals surface area contributed by atoms with Gasteiger partial charge in [0.15, 0.2) is 0 Å². The Morgan fingerprint density at radius 1 is 1.19 bits per heavy atom. The van der Waals surface area contributed by atoms with Gasteiger partial charge in [-0.1, -0.05) is 23.7 Å². The first-order chi connectivity index (χ1) is 9.80. The van der Waals surface area contributed by atoms with Crippen LogP contribution in [0, 0.1) is 0 Å². The minimum atomic E-state index is -3.71. The Balaban J connectivity index is 2.28. The molecule has 2 rings (SSSR count). The SMILES string of the molecule is CN(Cc1ccc(O)cc1)S(=O)(=O)c1ccc(Cl)cc1N. The van der Waals surface area contributed by atoms with Crippen LogP contribution in [0.2, 0.25) is 5.02 Å². The van der Waals surface area contributed by atoms with Gasteiger partial charge in [0, 0.05) is 18.6 Å². The van der Waals surface area contributed by atoms with E-state index in [4.69, 9.17) is 17.3 Å². The second-order valence-electron chi connectivity index (χ2n) is 4.61. The second kappa shape index (κ2) is 5.93. The van der Waals surface area contributed by atoms with E-state index in [1.807, 2.05) is 0 Å². The van der Waals surface area contributed by atoms with E-state index in [0.29, 0.717) is 5.02 Å². The van der Waals surface area contributed by atoms with Crippen LogP contribution >= 0.6 is 11.6 Å². The van der Waals surface area contributed by atoms with Gasteiger partial charge in [0.2, 0.25) is 10.0 Å². The van der Waals surface area contributed by atoms with E-state index in [-0.39, 0.29) is 22.9 Å². The molecular weight excluding hydrogens is 312 g/mol. The fourth-order valence-corrected chi connectivity index (χ4v) is 3.30. The van der Waals surface area contributed by atoms with Crippen LogP contribution in [-0.4, -0.2) is 24.9 Å². The van der Waals surface area contributed by atoms with Gasteiger partial charge < -0.3 is 10.8 Å². The molecular formula is C14H15ClN2O3S. The summed E-state index contributed by atoms with van der Waals surface area (Å²) >= 11 is 5.78. The van der Waals surface area contributed by atoms with E-state index >= 15 is 0 Å².